The van der Waals surface area contributed by atoms with Crippen LogP contribution in [0.2, 0.25) is 0 Å². The van der Waals surface area contributed by atoms with E-state index in [2.05, 4.69) is 4.74 Å². The van der Waals surface area contributed by atoms with Crippen LogP contribution in [0.3, 0.4) is 0 Å². The fourth-order valence-electron chi connectivity index (χ4n) is 1.53. The van der Waals surface area contributed by atoms with Crippen molar-refractivity contribution in [3.8, 4) is 23.3 Å². The van der Waals surface area contributed by atoms with E-state index in [9.17, 15) is 17.6 Å². The minimum atomic E-state index is -4.77. The molecular formula is C14H7F4NO2. The lowest BCUT2D eigenvalue weighted by Gasteiger charge is -2.10. The molecular weight excluding hydrogens is 290 g/mol. The molecule has 108 valence electrons. The molecule has 0 amide bonds. The first kappa shape index (κ1) is 14.7. The van der Waals surface area contributed by atoms with Crippen molar-refractivity contribution in [3.05, 3.63) is 53.8 Å². The quantitative estimate of drug-likeness (QED) is 0.789. The van der Waals surface area contributed by atoms with Crippen molar-refractivity contribution < 1.29 is 27.0 Å². The first-order valence-corrected chi connectivity index (χ1v) is 5.60. The summed E-state index contributed by atoms with van der Waals surface area (Å²) < 4.78 is 58.1. The van der Waals surface area contributed by atoms with Gasteiger partial charge in [0.15, 0.2) is 0 Å². The van der Waals surface area contributed by atoms with E-state index in [-0.39, 0.29) is 17.1 Å². The van der Waals surface area contributed by atoms with Gasteiger partial charge in [0.2, 0.25) is 0 Å². The zero-order valence-corrected chi connectivity index (χ0v) is 10.3. The van der Waals surface area contributed by atoms with Gasteiger partial charge < -0.3 is 9.47 Å². The average molecular weight is 297 g/mol. The molecule has 3 nitrogen and oxygen atoms in total. The van der Waals surface area contributed by atoms with Crippen LogP contribution in [-0.4, -0.2) is 6.36 Å². The molecule has 0 radical (unpaired) electrons. The van der Waals surface area contributed by atoms with E-state index in [1.807, 2.05) is 0 Å². The third kappa shape index (κ3) is 4.38. The van der Waals surface area contributed by atoms with Crippen molar-refractivity contribution in [2.24, 2.45) is 0 Å². The number of halogens is 4. The average Bonchev–Trinajstić information content (AvgIpc) is 2.38. The fraction of sp³-hybridized carbons (Fsp3) is 0.0714. The Morgan fingerprint density at radius 3 is 2.10 bits per heavy atom. The minimum Gasteiger partial charge on any atom is -0.457 e. The van der Waals surface area contributed by atoms with E-state index >= 15 is 0 Å². The zero-order valence-electron chi connectivity index (χ0n) is 10.3. The van der Waals surface area contributed by atoms with E-state index in [0.717, 1.165) is 24.3 Å². The predicted octanol–water partition coefficient (Wildman–Crippen LogP) is 4.39. The minimum absolute atomic E-state index is 0.0658. The standard InChI is InChI=1S/C14H7F4NO2/c15-10-5-9(8-19)6-13(7-10)20-11-1-3-12(4-2-11)21-14(16,17)18/h1-7H. The highest BCUT2D eigenvalue weighted by atomic mass is 19.4. The first-order chi connectivity index (χ1) is 9.85. The molecule has 2 aromatic carbocycles. The van der Waals surface area contributed by atoms with Crippen LogP contribution in [-0.2, 0) is 0 Å². The van der Waals surface area contributed by atoms with Crippen LogP contribution in [0.5, 0.6) is 17.2 Å². The van der Waals surface area contributed by atoms with Crippen LogP contribution in [0.15, 0.2) is 42.5 Å². The number of hydrogen-bond donors (Lipinski definition) is 0. The van der Waals surface area contributed by atoms with Gasteiger partial charge in [0.1, 0.15) is 23.1 Å². The maximum absolute atomic E-state index is 13.2. The molecule has 2 rings (SSSR count). The lowest BCUT2D eigenvalue weighted by molar-refractivity contribution is -0.274. The van der Waals surface area contributed by atoms with E-state index < -0.39 is 17.9 Å². The highest BCUT2D eigenvalue weighted by molar-refractivity contribution is 5.40. The van der Waals surface area contributed by atoms with Crippen molar-refractivity contribution in [1.82, 2.24) is 0 Å². The molecule has 21 heavy (non-hydrogen) atoms. The lowest BCUT2D eigenvalue weighted by Crippen LogP contribution is -2.16. The Morgan fingerprint density at radius 1 is 0.905 bits per heavy atom. The lowest BCUT2D eigenvalue weighted by atomic mass is 10.2. The Bertz CT molecular complexity index is 675. The van der Waals surface area contributed by atoms with Gasteiger partial charge in [-0.05, 0) is 36.4 Å². The number of nitriles is 1. The van der Waals surface area contributed by atoms with E-state index in [1.54, 1.807) is 6.07 Å². The van der Waals surface area contributed by atoms with Gasteiger partial charge in [-0.3, -0.25) is 0 Å². The molecule has 0 bridgehead atoms. The predicted molar refractivity (Wildman–Crippen MR) is 64.3 cm³/mol. The molecule has 0 saturated carbocycles. The maximum Gasteiger partial charge on any atom is 0.573 e. The summed E-state index contributed by atoms with van der Waals surface area (Å²) in [6.07, 6.45) is -4.77. The molecule has 0 saturated heterocycles. The Kier molecular flexibility index (Phi) is 3.98. The number of nitrogens with zero attached hydrogens (tertiary/aromatic N) is 1. The van der Waals surface area contributed by atoms with Crippen molar-refractivity contribution in [3.63, 3.8) is 0 Å². The molecule has 0 aliphatic heterocycles. The summed E-state index contributed by atoms with van der Waals surface area (Å²) in [5.74, 6) is -0.803. The van der Waals surface area contributed by atoms with Gasteiger partial charge in [-0.1, -0.05) is 0 Å². The molecule has 0 aliphatic carbocycles. The van der Waals surface area contributed by atoms with Crippen LogP contribution >= 0.6 is 0 Å². The van der Waals surface area contributed by atoms with E-state index in [1.165, 1.54) is 18.2 Å². The topological polar surface area (TPSA) is 42.2 Å². The normalized spacial score (nSPS) is 10.8. The van der Waals surface area contributed by atoms with Gasteiger partial charge in [0.05, 0.1) is 11.6 Å². The molecule has 0 heterocycles. The van der Waals surface area contributed by atoms with Crippen molar-refractivity contribution in [1.29, 1.82) is 5.26 Å². The summed E-state index contributed by atoms with van der Waals surface area (Å²) >= 11 is 0. The molecule has 0 fully saturated rings. The van der Waals surface area contributed by atoms with Crippen molar-refractivity contribution >= 4 is 0 Å². The summed E-state index contributed by atoms with van der Waals surface area (Å²) in [4.78, 5) is 0. The third-order valence-corrected chi connectivity index (χ3v) is 2.29. The van der Waals surface area contributed by atoms with Crippen LogP contribution in [0.1, 0.15) is 5.56 Å². The van der Waals surface area contributed by atoms with Gasteiger partial charge in [-0.25, -0.2) is 4.39 Å². The van der Waals surface area contributed by atoms with Gasteiger partial charge in [-0.15, -0.1) is 13.2 Å². The van der Waals surface area contributed by atoms with Crippen molar-refractivity contribution in [2.75, 3.05) is 0 Å². The summed E-state index contributed by atoms with van der Waals surface area (Å²) in [7, 11) is 0. The van der Waals surface area contributed by atoms with Crippen molar-refractivity contribution in [2.45, 2.75) is 6.36 Å². The number of alkyl halides is 3. The number of benzene rings is 2. The highest BCUT2D eigenvalue weighted by Gasteiger charge is 2.30. The van der Waals surface area contributed by atoms with Crippen LogP contribution in [0.4, 0.5) is 17.6 Å². The van der Waals surface area contributed by atoms with Crippen LogP contribution in [0, 0.1) is 17.1 Å². The monoisotopic (exact) mass is 297 g/mol. The smallest absolute Gasteiger partial charge is 0.457 e. The maximum atomic E-state index is 13.2. The highest BCUT2D eigenvalue weighted by Crippen LogP contribution is 2.28. The van der Waals surface area contributed by atoms with E-state index in [4.69, 9.17) is 10.00 Å². The summed E-state index contributed by atoms with van der Waals surface area (Å²) in [5.41, 5.74) is 0.0713. The third-order valence-electron chi connectivity index (χ3n) is 2.29. The Labute approximate surface area is 117 Å². The largest absolute Gasteiger partial charge is 0.573 e. The molecule has 2 aromatic rings. The number of rotatable bonds is 3. The van der Waals surface area contributed by atoms with E-state index in [0.29, 0.717) is 0 Å². The number of ether oxygens (including phenoxy) is 2. The second-order valence-corrected chi connectivity index (χ2v) is 3.91. The van der Waals surface area contributed by atoms with Crippen LogP contribution < -0.4 is 9.47 Å². The Balaban J connectivity index is 2.14. The summed E-state index contributed by atoms with van der Waals surface area (Å²) in [6, 6.07) is 9.76. The molecule has 0 aliphatic rings. The van der Waals surface area contributed by atoms with Gasteiger partial charge in [-0.2, -0.15) is 5.26 Å². The van der Waals surface area contributed by atoms with Gasteiger partial charge >= 0.3 is 6.36 Å². The molecule has 7 heteroatoms. The molecule has 0 spiro atoms. The second kappa shape index (κ2) is 5.71. The van der Waals surface area contributed by atoms with Crippen LogP contribution in [0.25, 0.3) is 0 Å². The van der Waals surface area contributed by atoms with Gasteiger partial charge in [0.25, 0.3) is 0 Å². The molecule has 0 aromatic heterocycles. The Hall–Kier alpha value is -2.75. The number of hydrogen-bond acceptors (Lipinski definition) is 3. The summed E-state index contributed by atoms with van der Waals surface area (Å²) in [6.45, 7) is 0. The first-order valence-electron chi connectivity index (χ1n) is 5.60. The molecule has 0 atom stereocenters. The second-order valence-electron chi connectivity index (χ2n) is 3.91. The Morgan fingerprint density at radius 2 is 1.52 bits per heavy atom. The summed E-state index contributed by atoms with van der Waals surface area (Å²) in [5, 5.41) is 8.70. The SMILES string of the molecule is N#Cc1cc(F)cc(Oc2ccc(OC(F)(F)F)cc2)c1. The van der Waals surface area contributed by atoms with Gasteiger partial charge in [0, 0.05) is 6.07 Å². The zero-order chi connectivity index (χ0) is 15.5. The fourth-order valence-corrected chi connectivity index (χ4v) is 1.53. The molecule has 0 unspecified atom stereocenters. The molecule has 0 N–H and O–H groups in total.